The Bertz CT molecular complexity index is 1420. The van der Waals surface area contributed by atoms with Crippen molar-refractivity contribution in [2.45, 2.75) is 172 Å². The number of allylic oxidation sites excluding steroid dienone is 1. The molecule has 2 fully saturated rings. The highest BCUT2D eigenvalue weighted by Gasteiger charge is 2.52. The van der Waals surface area contributed by atoms with Gasteiger partial charge in [0.25, 0.3) is 7.82 Å². The van der Waals surface area contributed by atoms with Crippen molar-refractivity contribution in [3.8, 4) is 0 Å². The number of quaternary nitrogens is 1. The number of nitrogens with zero attached hydrogens (tertiary/aromatic N) is 1. The van der Waals surface area contributed by atoms with E-state index in [-0.39, 0.29) is 32.0 Å². The second-order valence-electron chi connectivity index (χ2n) is 17.3. The number of carbonyl (C=O) groups excluding carboxylic acids is 2. The molecule has 7 atom stereocenters. The van der Waals surface area contributed by atoms with Crippen LogP contribution in [0.5, 0.6) is 0 Å². The van der Waals surface area contributed by atoms with Crippen molar-refractivity contribution < 1.29 is 79.4 Å². The predicted molar refractivity (Wildman–Crippen MR) is 225 cm³/mol. The molecule has 2 aliphatic heterocycles. The number of carbonyl (C=O) groups is 2. The van der Waals surface area contributed by atoms with Crippen LogP contribution in [0.25, 0.3) is 0 Å². The predicted octanol–water partition coefficient (Wildman–Crippen LogP) is 4.65. The molecule has 1 unspecified atom stereocenters. The Morgan fingerprint density at radius 1 is 0.902 bits per heavy atom. The number of ether oxygens (including phenoxy) is 5. The van der Waals surface area contributed by atoms with E-state index >= 15 is 0 Å². The molecule has 2 saturated heterocycles. The molecule has 61 heavy (non-hydrogen) atoms. The third-order valence-corrected chi connectivity index (χ3v) is 12.1. The molecule has 0 aliphatic carbocycles. The van der Waals surface area contributed by atoms with Gasteiger partial charge in [-0.2, -0.15) is 13.1 Å². The third-order valence-electron chi connectivity index (χ3n) is 10.5. The Morgan fingerprint density at radius 3 is 2.13 bits per heavy atom. The summed E-state index contributed by atoms with van der Waals surface area (Å²) in [4.78, 5) is 35.9. The van der Waals surface area contributed by atoms with Gasteiger partial charge < -0.3 is 52.3 Å². The van der Waals surface area contributed by atoms with E-state index in [4.69, 9.17) is 42.4 Å². The van der Waals surface area contributed by atoms with Crippen LogP contribution < -0.4 is 9.62 Å². The number of aliphatic hydroxyl groups is 2. The quantitative estimate of drug-likeness (QED) is 0.0165. The summed E-state index contributed by atoms with van der Waals surface area (Å²) >= 11 is 0. The van der Waals surface area contributed by atoms with E-state index in [1.54, 1.807) is 6.08 Å². The topological polar surface area (TPSA) is 246 Å². The molecule has 2 rings (SSSR count). The molecule has 0 saturated carbocycles. The second kappa shape index (κ2) is 29.8. The van der Waals surface area contributed by atoms with Crippen LogP contribution in [0.3, 0.4) is 0 Å². The molecule has 0 radical (unpaired) electrons. The fraction of sp³-hybridized carbons (Fsp3) is 0.902. The lowest BCUT2D eigenvalue weighted by molar-refractivity contribution is -0.870. The number of phosphoric acid groups is 1. The van der Waals surface area contributed by atoms with E-state index in [0.29, 0.717) is 36.9 Å². The molecule has 4 N–H and O–H groups in total. The maximum atomic E-state index is 12.4. The molecule has 0 aromatic carbocycles. The van der Waals surface area contributed by atoms with Gasteiger partial charge in [-0.15, -0.1) is 0 Å². The van der Waals surface area contributed by atoms with E-state index in [9.17, 15) is 32.6 Å². The van der Waals surface area contributed by atoms with Crippen molar-refractivity contribution in [2.24, 2.45) is 0 Å². The standard InChI is InChI=1S/C41H77N2O16PS/c1-34(45)54-32-36(33-56-60(48,49)55-29-27-43(2,3)4)57-39(47)23-19-15-13-14-18-22-38-40-37(46)24-26-41(58-38,59-40)25-20-16-11-9-7-5-6-8-10-12-17-21-28-53-31-35(30-44)42-61(50,51)52/h19,23,35-38,40,42,44,46H,5-18,20-22,24-33H2,1-4H3,(H-,48,49,50,51,52)/b23-19+/t35-,36+,37+,38+,40+,41-/m0/s1. The molecular formula is C41H77N2O16PS. The van der Waals surface area contributed by atoms with E-state index in [2.05, 4.69) is 0 Å². The number of fused-ring (bicyclic) bond motifs is 2. The van der Waals surface area contributed by atoms with Gasteiger partial charge in [0, 0.05) is 32.4 Å². The highest BCUT2D eigenvalue weighted by Crippen LogP contribution is 2.44. The van der Waals surface area contributed by atoms with Gasteiger partial charge in [-0.25, -0.2) is 4.79 Å². The number of likely N-dealkylation sites (N-methyl/N-ethyl adjacent to an activating group) is 1. The minimum Gasteiger partial charge on any atom is -0.756 e. The average molecular weight is 917 g/mol. The van der Waals surface area contributed by atoms with Crippen LogP contribution in [-0.4, -0.2) is 143 Å². The first kappa shape index (κ1) is 55.6. The number of phosphoric ester groups is 1. The van der Waals surface area contributed by atoms with Gasteiger partial charge in [0.05, 0.1) is 59.2 Å². The maximum absolute atomic E-state index is 12.4. The highest BCUT2D eigenvalue weighted by atomic mass is 32.2. The molecule has 2 heterocycles. The van der Waals surface area contributed by atoms with Crippen molar-refractivity contribution >= 4 is 30.1 Å². The van der Waals surface area contributed by atoms with Gasteiger partial charge in [0.2, 0.25) is 0 Å². The van der Waals surface area contributed by atoms with Gasteiger partial charge >= 0.3 is 22.2 Å². The first-order valence-corrected chi connectivity index (χ1v) is 25.1. The first-order chi connectivity index (χ1) is 28.8. The summed E-state index contributed by atoms with van der Waals surface area (Å²) in [6, 6.07) is -0.851. The zero-order chi connectivity index (χ0) is 45.2. The number of aliphatic hydroxyl groups excluding tert-OH is 2. The van der Waals surface area contributed by atoms with Crippen LogP contribution in [-0.2, 0) is 57.2 Å². The molecule has 0 aromatic rings. The lowest BCUT2D eigenvalue weighted by atomic mass is 9.94. The summed E-state index contributed by atoms with van der Waals surface area (Å²) in [7, 11) is -3.36. The SMILES string of the molecule is CC(=O)OC[C@H](COP(=O)([O-])OCC[N+](C)(C)C)OC(=O)/C=C/CCCCC[C@H]1O[C@]2(CCCCCCCCCCCCCCOC[C@H](CO)NS(=O)(=O)O)CC[C@@H](O)[C@H]1O2. The van der Waals surface area contributed by atoms with Gasteiger partial charge in [-0.1, -0.05) is 83.1 Å². The zero-order valence-corrected chi connectivity index (χ0v) is 38.8. The lowest BCUT2D eigenvalue weighted by Crippen LogP contribution is -2.41. The van der Waals surface area contributed by atoms with Crippen LogP contribution in [0.1, 0.15) is 135 Å². The van der Waals surface area contributed by atoms with Crippen molar-refractivity contribution in [1.82, 2.24) is 4.72 Å². The Kier molecular flexibility index (Phi) is 27.1. The van der Waals surface area contributed by atoms with Gasteiger partial charge in [0.1, 0.15) is 25.9 Å². The maximum Gasteiger partial charge on any atom is 0.333 e. The zero-order valence-electron chi connectivity index (χ0n) is 37.1. The molecule has 0 spiro atoms. The van der Waals surface area contributed by atoms with Crippen molar-refractivity contribution in [2.75, 3.05) is 67.3 Å². The van der Waals surface area contributed by atoms with E-state index in [1.165, 1.54) is 57.9 Å². The van der Waals surface area contributed by atoms with Gasteiger partial charge in [-0.05, 0) is 38.5 Å². The molecule has 0 amide bonds. The first-order valence-electron chi connectivity index (χ1n) is 22.2. The Hall–Kier alpha value is -1.58. The smallest absolute Gasteiger partial charge is 0.333 e. The number of hydrogen-bond donors (Lipinski definition) is 4. The Labute approximate surface area is 364 Å². The molecule has 20 heteroatoms. The number of rotatable bonds is 37. The van der Waals surface area contributed by atoms with Crippen LogP contribution in [0.2, 0.25) is 0 Å². The second-order valence-corrected chi connectivity index (χ2v) is 19.9. The van der Waals surface area contributed by atoms with Crippen molar-refractivity contribution in [3.05, 3.63) is 12.2 Å². The summed E-state index contributed by atoms with van der Waals surface area (Å²) in [6.07, 6.45) is 20.6. The van der Waals surface area contributed by atoms with E-state index in [0.717, 1.165) is 64.2 Å². The molecule has 2 bridgehead atoms. The molecule has 358 valence electrons. The van der Waals surface area contributed by atoms with E-state index < -0.39 is 67.3 Å². The molecular weight excluding hydrogens is 839 g/mol. The lowest BCUT2D eigenvalue weighted by Gasteiger charge is -2.33. The van der Waals surface area contributed by atoms with Gasteiger partial charge in [-0.3, -0.25) is 13.9 Å². The minimum atomic E-state index is -4.66. The monoisotopic (exact) mass is 916 g/mol. The number of nitrogens with one attached hydrogen (secondary N) is 1. The van der Waals surface area contributed by atoms with E-state index in [1.807, 2.05) is 25.9 Å². The van der Waals surface area contributed by atoms with Gasteiger partial charge in [0.15, 0.2) is 11.9 Å². The van der Waals surface area contributed by atoms with Crippen LogP contribution in [0, 0.1) is 0 Å². The largest absolute Gasteiger partial charge is 0.756 e. The third kappa shape index (κ3) is 27.4. The Morgan fingerprint density at radius 2 is 1.52 bits per heavy atom. The summed E-state index contributed by atoms with van der Waals surface area (Å²) in [5.41, 5.74) is 0. The normalized spacial score (nSPS) is 22.6. The van der Waals surface area contributed by atoms with Crippen LogP contribution in [0.4, 0.5) is 0 Å². The summed E-state index contributed by atoms with van der Waals surface area (Å²) < 4.78 is 83.2. The summed E-state index contributed by atoms with van der Waals surface area (Å²) in [5, 5.41) is 19.8. The van der Waals surface area contributed by atoms with Crippen LogP contribution in [0.15, 0.2) is 12.2 Å². The number of esters is 2. The Balaban J connectivity index is 1.54. The van der Waals surface area contributed by atoms with Crippen LogP contribution >= 0.6 is 7.82 Å². The number of unbranched alkanes of at least 4 members (excludes halogenated alkanes) is 14. The molecule has 0 aromatic heterocycles. The minimum absolute atomic E-state index is 0.0121. The number of hydrogen-bond acceptors (Lipinski definition) is 15. The highest BCUT2D eigenvalue weighted by molar-refractivity contribution is 7.83. The molecule has 18 nitrogen and oxygen atoms in total. The van der Waals surface area contributed by atoms with Crippen molar-refractivity contribution in [1.29, 1.82) is 0 Å². The average Bonchev–Trinajstić information content (AvgIpc) is 3.48. The fourth-order valence-electron chi connectivity index (χ4n) is 7.20. The summed E-state index contributed by atoms with van der Waals surface area (Å²) in [5.74, 6) is -1.94. The fourth-order valence-corrected chi connectivity index (χ4v) is 8.49. The molecule has 2 aliphatic rings. The summed E-state index contributed by atoms with van der Waals surface area (Å²) in [6.45, 7) is 0.651. The van der Waals surface area contributed by atoms with Crippen molar-refractivity contribution in [3.63, 3.8) is 0 Å².